The normalized spacial score (nSPS) is 30.9. The van der Waals surface area contributed by atoms with Gasteiger partial charge in [-0.2, -0.15) is 0 Å². The van der Waals surface area contributed by atoms with Crippen molar-refractivity contribution in [2.45, 2.75) is 63.8 Å². The zero-order chi connectivity index (χ0) is 13.6. The Labute approximate surface area is 118 Å². The van der Waals surface area contributed by atoms with Crippen LogP contribution in [-0.4, -0.2) is 37.0 Å². The van der Waals surface area contributed by atoms with E-state index >= 15 is 0 Å². The van der Waals surface area contributed by atoms with E-state index in [-0.39, 0.29) is 12.1 Å². The zero-order valence-corrected chi connectivity index (χ0v) is 12.5. The lowest BCUT2D eigenvalue weighted by Crippen LogP contribution is -2.51. The smallest absolute Gasteiger partial charge is 0.0616 e. The Morgan fingerprint density at radius 3 is 2.68 bits per heavy atom. The maximum absolute atomic E-state index is 9.79. The Bertz CT molecular complexity index is 255. The fraction of sp³-hybridized carbons (Fsp3) is 1.00. The first-order chi connectivity index (χ1) is 9.30. The minimum Gasteiger partial charge on any atom is -0.394 e. The summed E-state index contributed by atoms with van der Waals surface area (Å²) >= 11 is 0. The molecular formula is C16H31NO2. The molecule has 2 aliphatic carbocycles. The van der Waals surface area contributed by atoms with Crippen molar-refractivity contribution < 1.29 is 9.84 Å². The second-order valence-electron chi connectivity index (χ2n) is 6.46. The van der Waals surface area contributed by atoms with E-state index in [0.717, 1.165) is 44.9 Å². The van der Waals surface area contributed by atoms with Crippen LogP contribution in [0.4, 0.5) is 0 Å². The summed E-state index contributed by atoms with van der Waals surface area (Å²) in [6.07, 6.45) is 9.92. The Balaban J connectivity index is 1.66. The third kappa shape index (κ3) is 4.44. The lowest BCUT2D eigenvalue weighted by atomic mass is 9.85. The van der Waals surface area contributed by atoms with Crippen LogP contribution in [0, 0.1) is 11.8 Å². The van der Waals surface area contributed by atoms with Gasteiger partial charge in [0, 0.05) is 18.8 Å². The number of rotatable bonds is 10. The van der Waals surface area contributed by atoms with Gasteiger partial charge in [0.05, 0.1) is 6.61 Å². The number of aliphatic hydroxyl groups excluding tert-OH is 1. The summed E-state index contributed by atoms with van der Waals surface area (Å²) in [5.74, 6) is 1.55. The molecule has 2 aliphatic rings. The van der Waals surface area contributed by atoms with Crippen LogP contribution < -0.4 is 5.32 Å². The summed E-state index contributed by atoms with van der Waals surface area (Å²) in [6.45, 7) is 5.28. The molecule has 2 atom stereocenters. The van der Waals surface area contributed by atoms with Crippen molar-refractivity contribution in [3.05, 3.63) is 0 Å². The van der Waals surface area contributed by atoms with Crippen molar-refractivity contribution in [1.29, 1.82) is 0 Å². The first-order valence-electron chi connectivity index (χ1n) is 8.24. The zero-order valence-electron chi connectivity index (χ0n) is 12.5. The van der Waals surface area contributed by atoms with Crippen molar-refractivity contribution in [1.82, 2.24) is 5.32 Å². The molecule has 2 N–H and O–H groups in total. The summed E-state index contributed by atoms with van der Waals surface area (Å²) in [5.41, 5.74) is -0.0180. The van der Waals surface area contributed by atoms with Crippen LogP contribution in [0.1, 0.15) is 58.3 Å². The van der Waals surface area contributed by atoms with E-state index in [1.165, 1.54) is 32.1 Å². The maximum Gasteiger partial charge on any atom is 0.0616 e. The molecule has 0 aliphatic heterocycles. The third-order valence-electron chi connectivity index (χ3n) is 4.94. The predicted molar refractivity (Wildman–Crippen MR) is 78.2 cm³/mol. The van der Waals surface area contributed by atoms with Gasteiger partial charge in [0.25, 0.3) is 0 Å². The van der Waals surface area contributed by atoms with Gasteiger partial charge in [0.2, 0.25) is 0 Å². The third-order valence-corrected chi connectivity index (χ3v) is 4.94. The highest BCUT2D eigenvalue weighted by atomic mass is 16.5. The molecule has 0 aromatic rings. The van der Waals surface area contributed by atoms with Crippen LogP contribution in [0.15, 0.2) is 0 Å². The van der Waals surface area contributed by atoms with Crippen molar-refractivity contribution >= 4 is 0 Å². The van der Waals surface area contributed by atoms with Crippen LogP contribution in [0.2, 0.25) is 0 Å². The van der Waals surface area contributed by atoms with Gasteiger partial charge in [-0.15, -0.1) is 0 Å². The van der Waals surface area contributed by atoms with Crippen LogP contribution in [0.3, 0.4) is 0 Å². The molecule has 0 amide bonds. The highest BCUT2D eigenvalue weighted by Crippen LogP contribution is 2.38. The molecule has 2 fully saturated rings. The molecule has 0 saturated heterocycles. The van der Waals surface area contributed by atoms with Crippen molar-refractivity contribution in [2.24, 2.45) is 11.8 Å². The second-order valence-corrected chi connectivity index (χ2v) is 6.46. The van der Waals surface area contributed by atoms with Gasteiger partial charge in [0.1, 0.15) is 0 Å². The van der Waals surface area contributed by atoms with Crippen LogP contribution in [0.25, 0.3) is 0 Å². The maximum atomic E-state index is 9.79. The SMILES string of the molecule is CCCNC1(CO)CCCC1CCOCCC1CC1. The average molecular weight is 269 g/mol. The van der Waals surface area contributed by atoms with E-state index in [0.29, 0.717) is 5.92 Å². The van der Waals surface area contributed by atoms with E-state index in [2.05, 4.69) is 12.2 Å². The van der Waals surface area contributed by atoms with E-state index < -0.39 is 0 Å². The molecule has 0 aromatic carbocycles. The number of aliphatic hydroxyl groups is 1. The lowest BCUT2D eigenvalue weighted by Gasteiger charge is -2.35. The number of hydrogen-bond donors (Lipinski definition) is 2. The Hall–Kier alpha value is -0.120. The van der Waals surface area contributed by atoms with Crippen molar-refractivity contribution in [3.63, 3.8) is 0 Å². The van der Waals surface area contributed by atoms with Crippen LogP contribution in [0.5, 0.6) is 0 Å². The van der Waals surface area contributed by atoms with Crippen LogP contribution in [-0.2, 0) is 4.74 Å². The fourth-order valence-corrected chi connectivity index (χ4v) is 3.42. The predicted octanol–water partition coefficient (Wildman–Crippen LogP) is 2.72. The van der Waals surface area contributed by atoms with Gasteiger partial charge in [0.15, 0.2) is 0 Å². The lowest BCUT2D eigenvalue weighted by molar-refractivity contribution is 0.0768. The molecular weight excluding hydrogens is 238 g/mol. The summed E-state index contributed by atoms with van der Waals surface area (Å²) in [6, 6.07) is 0. The standard InChI is InChI=1S/C16H31NO2/c1-2-10-17-16(13-18)9-3-4-15(16)8-12-19-11-7-14-5-6-14/h14-15,17-18H,2-13H2,1H3. The first kappa shape index (κ1) is 15.3. The summed E-state index contributed by atoms with van der Waals surface area (Å²) in [5, 5.41) is 13.4. The molecule has 2 rings (SSSR count). The van der Waals surface area contributed by atoms with Gasteiger partial charge >= 0.3 is 0 Å². The van der Waals surface area contributed by atoms with Gasteiger partial charge in [-0.05, 0) is 50.5 Å². The van der Waals surface area contributed by atoms with E-state index in [9.17, 15) is 5.11 Å². The first-order valence-corrected chi connectivity index (χ1v) is 8.24. The van der Waals surface area contributed by atoms with E-state index in [1.807, 2.05) is 0 Å². The summed E-state index contributed by atoms with van der Waals surface area (Å²) in [4.78, 5) is 0. The number of nitrogens with one attached hydrogen (secondary N) is 1. The molecule has 2 saturated carbocycles. The minimum absolute atomic E-state index is 0.0180. The molecule has 0 aromatic heterocycles. The summed E-state index contributed by atoms with van der Waals surface area (Å²) in [7, 11) is 0. The Kier molecular flexibility index (Phi) is 6.11. The van der Waals surface area contributed by atoms with Crippen molar-refractivity contribution in [3.8, 4) is 0 Å². The van der Waals surface area contributed by atoms with Crippen molar-refractivity contribution in [2.75, 3.05) is 26.4 Å². The Morgan fingerprint density at radius 2 is 2.00 bits per heavy atom. The van der Waals surface area contributed by atoms with Gasteiger partial charge in [-0.3, -0.25) is 0 Å². The van der Waals surface area contributed by atoms with Gasteiger partial charge in [-0.1, -0.05) is 26.2 Å². The summed E-state index contributed by atoms with van der Waals surface area (Å²) < 4.78 is 5.78. The van der Waals surface area contributed by atoms with E-state index in [4.69, 9.17) is 4.74 Å². The highest BCUT2D eigenvalue weighted by molar-refractivity contribution is 4.98. The molecule has 2 unspecified atom stereocenters. The second kappa shape index (κ2) is 7.61. The minimum atomic E-state index is -0.0180. The molecule has 0 bridgehead atoms. The Morgan fingerprint density at radius 1 is 1.21 bits per heavy atom. The molecule has 0 heterocycles. The highest BCUT2D eigenvalue weighted by Gasteiger charge is 2.41. The molecule has 0 spiro atoms. The van der Waals surface area contributed by atoms with E-state index in [1.54, 1.807) is 0 Å². The number of ether oxygens (including phenoxy) is 1. The quantitative estimate of drug-likeness (QED) is 0.599. The largest absolute Gasteiger partial charge is 0.394 e. The molecule has 3 nitrogen and oxygen atoms in total. The topological polar surface area (TPSA) is 41.5 Å². The average Bonchev–Trinajstić information content (AvgIpc) is 3.17. The molecule has 3 heteroatoms. The number of hydrogen-bond acceptors (Lipinski definition) is 3. The fourth-order valence-electron chi connectivity index (χ4n) is 3.42. The monoisotopic (exact) mass is 269 g/mol. The molecule has 0 radical (unpaired) electrons. The van der Waals surface area contributed by atoms with Crippen LogP contribution >= 0.6 is 0 Å². The van der Waals surface area contributed by atoms with Gasteiger partial charge in [-0.25, -0.2) is 0 Å². The van der Waals surface area contributed by atoms with Gasteiger partial charge < -0.3 is 15.2 Å². The molecule has 112 valence electrons. The molecule has 19 heavy (non-hydrogen) atoms.